The minimum atomic E-state index is -0.0739. The molecule has 1 amide bonds. The van der Waals surface area contributed by atoms with Gasteiger partial charge in [-0.25, -0.2) is 0 Å². The number of hydrogen-bond donors (Lipinski definition) is 1. The SMILES string of the molecule is Cn1cc([C@@H]2CCN(C(=O)c3cc(Cl)c(N)c(Cl)c3)C2)cn1. The molecular formula is C15H16Cl2N4O. The molecule has 5 nitrogen and oxygen atoms in total. The standard InChI is InChI=1S/C15H16Cl2N4O/c1-20-7-11(6-19-20)9-2-3-21(8-9)15(22)10-4-12(16)14(18)13(17)5-10/h4-7,9H,2-3,8,18H2,1H3/t9-/m1/s1. The van der Waals surface area contributed by atoms with Gasteiger partial charge < -0.3 is 10.6 Å². The molecule has 1 aromatic heterocycles. The van der Waals surface area contributed by atoms with Crippen LogP contribution >= 0.6 is 23.2 Å². The molecule has 1 aliphatic rings. The molecule has 1 saturated heterocycles. The summed E-state index contributed by atoms with van der Waals surface area (Å²) < 4.78 is 1.78. The van der Waals surface area contributed by atoms with E-state index in [1.54, 1.807) is 16.8 Å². The van der Waals surface area contributed by atoms with E-state index in [1.165, 1.54) is 0 Å². The summed E-state index contributed by atoms with van der Waals surface area (Å²) in [5.74, 6) is 0.243. The van der Waals surface area contributed by atoms with Gasteiger partial charge in [0.2, 0.25) is 0 Å². The molecule has 116 valence electrons. The van der Waals surface area contributed by atoms with Gasteiger partial charge in [0.05, 0.1) is 21.9 Å². The number of anilines is 1. The highest BCUT2D eigenvalue weighted by atomic mass is 35.5. The number of hydrogen-bond acceptors (Lipinski definition) is 3. The zero-order chi connectivity index (χ0) is 15.9. The molecule has 2 N–H and O–H groups in total. The van der Waals surface area contributed by atoms with Gasteiger partial charge in [-0.3, -0.25) is 9.48 Å². The van der Waals surface area contributed by atoms with E-state index < -0.39 is 0 Å². The van der Waals surface area contributed by atoms with Crippen LogP contribution in [0.3, 0.4) is 0 Å². The van der Waals surface area contributed by atoms with Crippen molar-refractivity contribution in [2.24, 2.45) is 7.05 Å². The van der Waals surface area contributed by atoms with Crippen molar-refractivity contribution >= 4 is 34.8 Å². The normalized spacial score (nSPS) is 18.0. The molecule has 2 aromatic rings. The van der Waals surface area contributed by atoms with Crippen molar-refractivity contribution in [2.75, 3.05) is 18.8 Å². The highest BCUT2D eigenvalue weighted by molar-refractivity contribution is 6.39. The molecule has 0 saturated carbocycles. The number of aryl methyl sites for hydroxylation is 1. The third-order valence-electron chi connectivity index (χ3n) is 4.00. The Morgan fingerprint density at radius 3 is 2.64 bits per heavy atom. The molecule has 0 aliphatic carbocycles. The van der Waals surface area contributed by atoms with Crippen LogP contribution in [-0.2, 0) is 7.05 Å². The van der Waals surface area contributed by atoms with E-state index in [9.17, 15) is 4.79 Å². The van der Waals surface area contributed by atoms with E-state index in [2.05, 4.69) is 5.10 Å². The molecule has 2 heterocycles. The van der Waals surface area contributed by atoms with Gasteiger partial charge in [0.25, 0.3) is 5.91 Å². The molecule has 0 bridgehead atoms. The number of nitrogen functional groups attached to an aromatic ring is 1. The quantitative estimate of drug-likeness (QED) is 0.856. The number of nitrogens with zero attached hydrogens (tertiary/aromatic N) is 3. The average Bonchev–Trinajstić information content (AvgIpc) is 3.12. The molecule has 0 radical (unpaired) electrons. The second-order valence-corrected chi connectivity index (χ2v) is 6.35. The fraction of sp³-hybridized carbons (Fsp3) is 0.333. The highest BCUT2D eigenvalue weighted by Gasteiger charge is 2.29. The molecule has 3 rings (SSSR count). The molecule has 22 heavy (non-hydrogen) atoms. The second kappa shape index (κ2) is 5.82. The van der Waals surface area contributed by atoms with Crippen LogP contribution in [0.4, 0.5) is 5.69 Å². The van der Waals surface area contributed by atoms with Gasteiger partial charge in [-0.1, -0.05) is 23.2 Å². The van der Waals surface area contributed by atoms with Crippen LogP contribution in [0, 0.1) is 0 Å². The van der Waals surface area contributed by atoms with Crippen LogP contribution < -0.4 is 5.73 Å². The fourth-order valence-electron chi connectivity index (χ4n) is 2.76. The molecule has 0 spiro atoms. The number of rotatable bonds is 2. The predicted molar refractivity (Wildman–Crippen MR) is 87.3 cm³/mol. The Morgan fingerprint density at radius 2 is 2.05 bits per heavy atom. The maximum atomic E-state index is 12.6. The highest BCUT2D eigenvalue weighted by Crippen LogP contribution is 2.31. The zero-order valence-electron chi connectivity index (χ0n) is 12.1. The Bertz CT molecular complexity index is 705. The van der Waals surface area contributed by atoms with Gasteiger partial charge in [-0.15, -0.1) is 0 Å². The minimum absolute atomic E-state index is 0.0739. The molecule has 1 fully saturated rings. The van der Waals surface area contributed by atoms with Crippen molar-refractivity contribution in [3.8, 4) is 0 Å². The maximum absolute atomic E-state index is 12.6. The van der Waals surface area contributed by atoms with Crippen molar-refractivity contribution in [3.63, 3.8) is 0 Å². The summed E-state index contributed by atoms with van der Waals surface area (Å²) in [5.41, 5.74) is 7.63. The van der Waals surface area contributed by atoms with Crippen molar-refractivity contribution < 1.29 is 4.79 Å². The Labute approximate surface area is 138 Å². The zero-order valence-corrected chi connectivity index (χ0v) is 13.6. The van der Waals surface area contributed by atoms with Crippen LogP contribution in [0.5, 0.6) is 0 Å². The van der Waals surface area contributed by atoms with Gasteiger partial charge in [-0.2, -0.15) is 5.10 Å². The van der Waals surface area contributed by atoms with Crippen molar-refractivity contribution in [1.29, 1.82) is 0 Å². The summed E-state index contributed by atoms with van der Waals surface area (Å²) >= 11 is 12.0. The summed E-state index contributed by atoms with van der Waals surface area (Å²) in [6.07, 6.45) is 4.78. The number of carbonyl (C=O) groups is 1. The lowest BCUT2D eigenvalue weighted by atomic mass is 10.0. The Hall–Kier alpha value is -1.72. The van der Waals surface area contributed by atoms with E-state index in [0.717, 1.165) is 12.0 Å². The van der Waals surface area contributed by atoms with E-state index in [-0.39, 0.29) is 5.91 Å². The van der Waals surface area contributed by atoms with Gasteiger partial charge in [0.15, 0.2) is 0 Å². The summed E-state index contributed by atoms with van der Waals surface area (Å²) in [6.45, 7) is 1.38. The van der Waals surface area contributed by atoms with Crippen molar-refractivity contribution in [1.82, 2.24) is 14.7 Å². The summed E-state index contributed by atoms with van der Waals surface area (Å²) in [4.78, 5) is 14.4. The molecule has 1 aliphatic heterocycles. The second-order valence-electron chi connectivity index (χ2n) is 5.54. The lowest BCUT2D eigenvalue weighted by molar-refractivity contribution is 0.0791. The van der Waals surface area contributed by atoms with Gasteiger partial charge in [0.1, 0.15) is 0 Å². The van der Waals surface area contributed by atoms with E-state index in [4.69, 9.17) is 28.9 Å². The number of carbonyl (C=O) groups excluding carboxylic acids is 1. The first-order chi connectivity index (χ1) is 10.5. The molecule has 0 unspecified atom stereocenters. The third-order valence-corrected chi connectivity index (χ3v) is 4.62. The lowest BCUT2D eigenvalue weighted by Gasteiger charge is -2.17. The predicted octanol–water partition coefficient (Wildman–Crippen LogP) is 2.94. The summed E-state index contributed by atoms with van der Waals surface area (Å²) in [5, 5.41) is 4.80. The van der Waals surface area contributed by atoms with E-state index >= 15 is 0 Å². The lowest BCUT2D eigenvalue weighted by Crippen LogP contribution is -2.28. The molecule has 1 atom stereocenters. The van der Waals surface area contributed by atoms with Gasteiger partial charge >= 0.3 is 0 Å². The number of likely N-dealkylation sites (tertiary alicyclic amines) is 1. The molecular weight excluding hydrogens is 323 g/mol. The first-order valence-corrected chi connectivity index (χ1v) is 7.73. The van der Waals surface area contributed by atoms with Crippen LogP contribution in [0.2, 0.25) is 10.0 Å². The van der Waals surface area contributed by atoms with Crippen LogP contribution in [0.1, 0.15) is 28.3 Å². The first kappa shape index (κ1) is 15.2. The molecule has 1 aromatic carbocycles. The van der Waals surface area contributed by atoms with Crippen molar-refractivity contribution in [3.05, 3.63) is 45.7 Å². The minimum Gasteiger partial charge on any atom is -0.396 e. The number of aromatic nitrogens is 2. The maximum Gasteiger partial charge on any atom is 0.253 e. The Balaban J connectivity index is 1.77. The fourth-order valence-corrected chi connectivity index (χ4v) is 3.25. The number of benzene rings is 1. The largest absolute Gasteiger partial charge is 0.396 e. The van der Waals surface area contributed by atoms with Crippen LogP contribution in [-0.4, -0.2) is 33.7 Å². The van der Waals surface area contributed by atoms with Crippen LogP contribution in [0.25, 0.3) is 0 Å². The smallest absolute Gasteiger partial charge is 0.253 e. The van der Waals surface area contributed by atoms with E-state index in [1.807, 2.05) is 24.3 Å². The number of amides is 1. The topological polar surface area (TPSA) is 64.2 Å². The third kappa shape index (κ3) is 2.78. The Kier molecular flexibility index (Phi) is 4.02. The number of nitrogens with two attached hydrogens (primary N) is 1. The summed E-state index contributed by atoms with van der Waals surface area (Å²) in [6, 6.07) is 3.14. The monoisotopic (exact) mass is 338 g/mol. The Morgan fingerprint density at radius 1 is 1.36 bits per heavy atom. The van der Waals surface area contributed by atoms with Gasteiger partial charge in [-0.05, 0) is 24.1 Å². The van der Waals surface area contributed by atoms with Crippen LogP contribution in [0.15, 0.2) is 24.5 Å². The molecule has 7 heteroatoms. The average molecular weight is 339 g/mol. The van der Waals surface area contributed by atoms with Crippen molar-refractivity contribution in [2.45, 2.75) is 12.3 Å². The van der Waals surface area contributed by atoms with Gasteiger partial charge in [0, 0.05) is 37.8 Å². The van der Waals surface area contributed by atoms with E-state index in [0.29, 0.717) is 40.3 Å². The number of halogens is 2. The summed E-state index contributed by atoms with van der Waals surface area (Å²) in [7, 11) is 1.89. The first-order valence-electron chi connectivity index (χ1n) is 6.98.